The molecule has 0 bridgehead atoms. The highest BCUT2D eigenvalue weighted by molar-refractivity contribution is 7.99. The van der Waals surface area contributed by atoms with E-state index in [1.807, 2.05) is 48.8 Å². The average molecular weight is 243 g/mol. The molecule has 0 aliphatic carbocycles. The lowest BCUT2D eigenvalue weighted by Gasteiger charge is -2.02. The highest BCUT2D eigenvalue weighted by Gasteiger charge is 1.97. The Bertz CT molecular complexity index is 485. The first-order chi connectivity index (χ1) is 8.38. The van der Waals surface area contributed by atoms with Gasteiger partial charge in [0.1, 0.15) is 6.29 Å². The van der Waals surface area contributed by atoms with Crippen molar-refractivity contribution >= 4 is 18.0 Å². The van der Waals surface area contributed by atoms with Crippen molar-refractivity contribution in [3.8, 4) is 0 Å². The third-order valence-electron chi connectivity index (χ3n) is 2.40. The number of thioether (sulfide) groups is 1. The van der Waals surface area contributed by atoms with E-state index in [-0.39, 0.29) is 0 Å². The van der Waals surface area contributed by atoms with Crippen molar-refractivity contribution in [3.63, 3.8) is 0 Å². The minimum absolute atomic E-state index is 0.735. The molecule has 2 aromatic rings. The summed E-state index contributed by atoms with van der Waals surface area (Å²) in [5.41, 5.74) is 2.03. The summed E-state index contributed by atoms with van der Waals surface area (Å²) < 4.78 is 0. The standard InChI is InChI=1S/C14H13NOS/c16-11-13-2-1-3-14(10-13)17-9-6-12-4-7-15-8-5-12/h1-5,7-8,10-11H,6,9H2. The van der Waals surface area contributed by atoms with Crippen LogP contribution in [0, 0.1) is 0 Å². The highest BCUT2D eigenvalue weighted by Crippen LogP contribution is 2.19. The molecule has 0 aliphatic rings. The van der Waals surface area contributed by atoms with Crippen molar-refractivity contribution in [2.24, 2.45) is 0 Å². The molecule has 17 heavy (non-hydrogen) atoms. The lowest BCUT2D eigenvalue weighted by molar-refractivity contribution is 0.112. The number of hydrogen-bond acceptors (Lipinski definition) is 3. The first-order valence-electron chi connectivity index (χ1n) is 5.45. The van der Waals surface area contributed by atoms with Gasteiger partial charge in [-0.15, -0.1) is 11.8 Å². The first kappa shape index (κ1) is 11.9. The average Bonchev–Trinajstić information content (AvgIpc) is 2.40. The number of aldehydes is 1. The molecule has 1 heterocycles. The Morgan fingerprint density at radius 3 is 2.76 bits per heavy atom. The Morgan fingerprint density at radius 1 is 1.18 bits per heavy atom. The fraction of sp³-hybridized carbons (Fsp3) is 0.143. The quantitative estimate of drug-likeness (QED) is 0.596. The lowest BCUT2D eigenvalue weighted by atomic mass is 10.2. The van der Waals surface area contributed by atoms with Crippen LogP contribution in [0.2, 0.25) is 0 Å². The molecule has 0 radical (unpaired) electrons. The molecule has 3 heteroatoms. The van der Waals surface area contributed by atoms with Crippen LogP contribution in [-0.4, -0.2) is 17.0 Å². The molecule has 0 spiro atoms. The fourth-order valence-electron chi connectivity index (χ4n) is 1.51. The molecule has 0 fully saturated rings. The molecule has 0 saturated carbocycles. The van der Waals surface area contributed by atoms with Crippen LogP contribution in [-0.2, 0) is 6.42 Å². The van der Waals surface area contributed by atoms with Crippen LogP contribution in [0.4, 0.5) is 0 Å². The Labute approximate surface area is 105 Å². The van der Waals surface area contributed by atoms with Crippen molar-refractivity contribution in [3.05, 3.63) is 59.9 Å². The second-order valence-corrected chi connectivity index (χ2v) is 4.81. The monoisotopic (exact) mass is 243 g/mol. The van der Waals surface area contributed by atoms with Gasteiger partial charge in [0, 0.05) is 28.6 Å². The molecule has 2 nitrogen and oxygen atoms in total. The van der Waals surface area contributed by atoms with E-state index in [1.54, 1.807) is 11.8 Å². The molecule has 86 valence electrons. The summed E-state index contributed by atoms with van der Waals surface area (Å²) in [6.45, 7) is 0. The maximum Gasteiger partial charge on any atom is 0.150 e. The molecular weight excluding hydrogens is 230 g/mol. The van der Waals surface area contributed by atoms with E-state index in [0.717, 1.165) is 28.9 Å². The predicted octanol–water partition coefficient (Wildman–Crippen LogP) is 3.23. The molecule has 0 amide bonds. The predicted molar refractivity (Wildman–Crippen MR) is 70.5 cm³/mol. The van der Waals surface area contributed by atoms with Gasteiger partial charge >= 0.3 is 0 Å². The summed E-state index contributed by atoms with van der Waals surface area (Å²) in [6.07, 6.45) is 5.52. The summed E-state index contributed by atoms with van der Waals surface area (Å²) in [4.78, 5) is 15.8. The van der Waals surface area contributed by atoms with E-state index in [4.69, 9.17) is 0 Å². The van der Waals surface area contributed by atoms with Crippen molar-refractivity contribution in [2.75, 3.05) is 5.75 Å². The van der Waals surface area contributed by atoms with E-state index in [0.29, 0.717) is 0 Å². The van der Waals surface area contributed by atoms with E-state index in [9.17, 15) is 4.79 Å². The van der Waals surface area contributed by atoms with Crippen molar-refractivity contribution in [2.45, 2.75) is 11.3 Å². The summed E-state index contributed by atoms with van der Waals surface area (Å²) >= 11 is 1.77. The van der Waals surface area contributed by atoms with Crippen molar-refractivity contribution in [1.29, 1.82) is 0 Å². The fourth-order valence-corrected chi connectivity index (χ4v) is 2.48. The number of nitrogens with zero attached hydrogens (tertiary/aromatic N) is 1. The largest absolute Gasteiger partial charge is 0.298 e. The first-order valence-corrected chi connectivity index (χ1v) is 6.44. The van der Waals surface area contributed by atoms with Gasteiger partial charge in [-0.25, -0.2) is 0 Å². The maximum absolute atomic E-state index is 10.6. The number of rotatable bonds is 5. The molecule has 2 rings (SSSR count). The molecule has 0 atom stereocenters. The van der Waals surface area contributed by atoms with Gasteiger partial charge in [-0.3, -0.25) is 9.78 Å². The molecule has 0 unspecified atom stereocenters. The van der Waals surface area contributed by atoms with Crippen LogP contribution in [0.3, 0.4) is 0 Å². The number of carbonyl (C=O) groups is 1. The Kier molecular flexibility index (Phi) is 4.33. The van der Waals surface area contributed by atoms with E-state index >= 15 is 0 Å². The number of aryl methyl sites for hydroxylation is 1. The summed E-state index contributed by atoms with van der Waals surface area (Å²) in [7, 11) is 0. The van der Waals surface area contributed by atoms with Crippen LogP contribution in [0.5, 0.6) is 0 Å². The topological polar surface area (TPSA) is 30.0 Å². The molecular formula is C14H13NOS. The molecule has 0 saturated heterocycles. The molecule has 0 N–H and O–H groups in total. The zero-order valence-electron chi connectivity index (χ0n) is 9.37. The molecule has 1 aromatic carbocycles. The third-order valence-corrected chi connectivity index (χ3v) is 3.40. The molecule has 0 aliphatic heterocycles. The van der Waals surface area contributed by atoms with Gasteiger partial charge in [0.25, 0.3) is 0 Å². The van der Waals surface area contributed by atoms with Gasteiger partial charge in [0.15, 0.2) is 0 Å². The minimum Gasteiger partial charge on any atom is -0.298 e. The second-order valence-electron chi connectivity index (χ2n) is 3.64. The van der Waals surface area contributed by atoms with E-state index in [2.05, 4.69) is 4.98 Å². The third kappa shape index (κ3) is 3.71. The minimum atomic E-state index is 0.735. The normalized spacial score (nSPS) is 10.1. The maximum atomic E-state index is 10.6. The highest BCUT2D eigenvalue weighted by atomic mass is 32.2. The Hall–Kier alpha value is -1.61. The Morgan fingerprint density at radius 2 is 2.00 bits per heavy atom. The van der Waals surface area contributed by atoms with Gasteiger partial charge in [-0.1, -0.05) is 12.1 Å². The number of aromatic nitrogens is 1. The van der Waals surface area contributed by atoms with Gasteiger partial charge in [-0.05, 0) is 36.2 Å². The van der Waals surface area contributed by atoms with Gasteiger partial charge in [0.05, 0.1) is 0 Å². The zero-order chi connectivity index (χ0) is 11.9. The lowest BCUT2D eigenvalue weighted by Crippen LogP contribution is -1.89. The number of carbonyl (C=O) groups excluding carboxylic acids is 1. The molecule has 1 aromatic heterocycles. The van der Waals surface area contributed by atoms with Crippen LogP contribution >= 0.6 is 11.8 Å². The van der Waals surface area contributed by atoms with Crippen LogP contribution in [0.15, 0.2) is 53.7 Å². The Balaban J connectivity index is 1.88. The SMILES string of the molecule is O=Cc1cccc(SCCc2ccncc2)c1. The van der Waals surface area contributed by atoms with Crippen molar-refractivity contribution < 1.29 is 4.79 Å². The number of hydrogen-bond donors (Lipinski definition) is 0. The van der Waals surface area contributed by atoms with Gasteiger partial charge in [-0.2, -0.15) is 0 Å². The summed E-state index contributed by atoms with van der Waals surface area (Å²) in [5.74, 6) is 1.01. The zero-order valence-corrected chi connectivity index (χ0v) is 10.2. The summed E-state index contributed by atoms with van der Waals surface area (Å²) in [5, 5.41) is 0. The van der Waals surface area contributed by atoms with E-state index < -0.39 is 0 Å². The van der Waals surface area contributed by atoms with Gasteiger partial charge < -0.3 is 0 Å². The summed E-state index contributed by atoms with van der Waals surface area (Å²) in [6, 6.07) is 11.7. The van der Waals surface area contributed by atoms with E-state index in [1.165, 1.54) is 5.56 Å². The number of pyridine rings is 1. The smallest absolute Gasteiger partial charge is 0.150 e. The van der Waals surface area contributed by atoms with Crippen LogP contribution < -0.4 is 0 Å². The van der Waals surface area contributed by atoms with Crippen LogP contribution in [0.25, 0.3) is 0 Å². The van der Waals surface area contributed by atoms with Gasteiger partial charge in [0.2, 0.25) is 0 Å². The second kappa shape index (κ2) is 6.21. The van der Waals surface area contributed by atoms with Crippen LogP contribution in [0.1, 0.15) is 15.9 Å². The van der Waals surface area contributed by atoms with Crippen molar-refractivity contribution in [1.82, 2.24) is 4.98 Å². The number of benzene rings is 1.